The predicted octanol–water partition coefficient (Wildman–Crippen LogP) is -2.43. The van der Waals surface area contributed by atoms with Crippen molar-refractivity contribution in [2.45, 2.75) is 43.7 Å². The standard InChI is InChI=1S/C15H24N4O6S2.H2O/c1-6-11-10(7(2)20)14(21)19(11)12(15(22)23)13(6)26-9-3-8(17-5-9)4-18-27(16,24)25;/h6-11,17-18,20H,3-5H2,1-2H3,(H,22,23)(H2,16,24,25);1H2/t6-,7-,8+,9-,10-,11-;/m1./s1. The lowest BCUT2D eigenvalue weighted by Crippen LogP contribution is -2.63. The van der Waals surface area contributed by atoms with Gasteiger partial charge in [0.25, 0.3) is 10.2 Å². The van der Waals surface area contributed by atoms with Crippen LogP contribution >= 0.6 is 11.8 Å². The quantitative estimate of drug-likeness (QED) is 0.271. The second-order valence-corrected chi connectivity index (χ2v) is 9.97. The predicted molar refractivity (Wildman–Crippen MR) is 102 cm³/mol. The highest BCUT2D eigenvalue weighted by molar-refractivity contribution is 8.03. The first kappa shape index (κ1) is 23.1. The van der Waals surface area contributed by atoms with Gasteiger partial charge in [0.2, 0.25) is 5.91 Å². The van der Waals surface area contributed by atoms with Gasteiger partial charge < -0.3 is 25.9 Å². The number of carbonyl (C=O) groups excluding carboxylic acids is 1. The summed E-state index contributed by atoms with van der Waals surface area (Å²) in [6.45, 7) is 4.17. The van der Waals surface area contributed by atoms with E-state index in [0.717, 1.165) is 0 Å². The Morgan fingerprint density at radius 1 is 1.50 bits per heavy atom. The molecule has 8 N–H and O–H groups in total. The number of carboxylic acid groups (broad SMARTS) is 1. The van der Waals surface area contributed by atoms with Gasteiger partial charge >= 0.3 is 5.97 Å². The first-order valence-corrected chi connectivity index (χ1v) is 11.1. The highest BCUT2D eigenvalue weighted by atomic mass is 32.2. The summed E-state index contributed by atoms with van der Waals surface area (Å²) in [5, 5.41) is 27.7. The third-order valence-corrected chi connectivity index (χ3v) is 7.40. The maximum Gasteiger partial charge on any atom is 0.353 e. The number of thioether (sulfide) groups is 1. The molecule has 28 heavy (non-hydrogen) atoms. The van der Waals surface area contributed by atoms with Gasteiger partial charge in [0.15, 0.2) is 0 Å². The minimum Gasteiger partial charge on any atom is -0.477 e. The van der Waals surface area contributed by atoms with Crippen LogP contribution in [0, 0.1) is 11.8 Å². The molecule has 11 nitrogen and oxygen atoms in total. The van der Waals surface area contributed by atoms with E-state index in [4.69, 9.17) is 5.14 Å². The van der Waals surface area contributed by atoms with E-state index in [0.29, 0.717) is 17.9 Å². The summed E-state index contributed by atoms with van der Waals surface area (Å²) < 4.78 is 24.3. The topological polar surface area (TPSA) is 194 Å². The van der Waals surface area contributed by atoms with Crippen molar-refractivity contribution in [1.29, 1.82) is 0 Å². The number of amides is 1. The monoisotopic (exact) mass is 438 g/mol. The van der Waals surface area contributed by atoms with E-state index >= 15 is 0 Å². The van der Waals surface area contributed by atoms with Crippen molar-refractivity contribution in [3.05, 3.63) is 10.6 Å². The molecule has 0 aromatic heterocycles. The maximum atomic E-state index is 12.3. The zero-order valence-electron chi connectivity index (χ0n) is 15.5. The fraction of sp³-hybridized carbons (Fsp3) is 0.733. The lowest BCUT2D eigenvalue weighted by atomic mass is 9.79. The van der Waals surface area contributed by atoms with Gasteiger partial charge in [-0.1, -0.05) is 6.92 Å². The molecule has 0 bridgehead atoms. The van der Waals surface area contributed by atoms with Gasteiger partial charge in [-0.2, -0.15) is 8.42 Å². The third kappa shape index (κ3) is 4.20. The molecule has 3 heterocycles. The second kappa shape index (κ2) is 8.26. The number of hydrogen-bond acceptors (Lipinski definition) is 7. The van der Waals surface area contributed by atoms with Gasteiger partial charge in [-0.25, -0.2) is 14.7 Å². The number of fused-ring (bicyclic) bond motifs is 1. The average molecular weight is 439 g/mol. The number of nitrogens with two attached hydrogens (primary N) is 1. The van der Waals surface area contributed by atoms with Crippen LogP contribution in [0.4, 0.5) is 0 Å². The van der Waals surface area contributed by atoms with Crippen LogP contribution in [0.15, 0.2) is 10.6 Å². The molecule has 0 radical (unpaired) electrons. The smallest absolute Gasteiger partial charge is 0.353 e. The van der Waals surface area contributed by atoms with Gasteiger partial charge in [0.1, 0.15) is 5.70 Å². The number of hydrogen-bond donors (Lipinski definition) is 5. The summed E-state index contributed by atoms with van der Waals surface area (Å²) >= 11 is 1.41. The third-order valence-electron chi connectivity index (χ3n) is 5.32. The SMILES string of the molecule is C[C@@H](O)[C@H]1C(=O)N2C(C(=O)O)=C(S[C@H]3CN[C@H](CNS(N)(=O)=O)C3)[C@H](C)[C@H]12.O. The molecule has 3 aliphatic rings. The lowest BCUT2D eigenvalue weighted by Gasteiger charge is -2.46. The molecule has 3 rings (SSSR count). The van der Waals surface area contributed by atoms with Crippen LogP contribution in [-0.4, -0.2) is 77.4 Å². The molecule has 1 amide bonds. The van der Waals surface area contributed by atoms with Crippen LogP contribution in [0.1, 0.15) is 20.3 Å². The van der Waals surface area contributed by atoms with Gasteiger partial charge in [0.05, 0.1) is 18.1 Å². The first-order valence-electron chi connectivity index (χ1n) is 8.67. The first-order chi connectivity index (χ1) is 12.5. The summed E-state index contributed by atoms with van der Waals surface area (Å²) in [6, 6.07) is -0.435. The van der Waals surface area contributed by atoms with Crippen LogP contribution in [0.25, 0.3) is 0 Å². The molecule has 0 aromatic rings. The highest BCUT2D eigenvalue weighted by Crippen LogP contribution is 2.51. The fourth-order valence-corrected chi connectivity index (χ4v) is 6.05. The zero-order valence-corrected chi connectivity index (χ0v) is 17.1. The number of aliphatic hydroxyl groups is 1. The fourth-order valence-electron chi connectivity index (χ4n) is 4.10. The number of β-lactam (4-membered cyclic amide) rings is 1. The number of rotatable bonds is 7. The van der Waals surface area contributed by atoms with Gasteiger partial charge in [-0.3, -0.25) is 4.79 Å². The average Bonchev–Trinajstić information content (AvgIpc) is 3.07. The number of nitrogens with zero attached hydrogens (tertiary/aromatic N) is 1. The molecule has 0 spiro atoms. The van der Waals surface area contributed by atoms with Crippen molar-refractivity contribution < 1.29 is 33.7 Å². The molecule has 0 saturated carbocycles. The van der Waals surface area contributed by atoms with Crippen molar-refractivity contribution in [3.8, 4) is 0 Å². The number of aliphatic hydroxyl groups excluding tert-OH is 1. The number of nitrogens with one attached hydrogen (secondary N) is 2. The molecule has 0 aromatic carbocycles. The Labute approximate surface area is 167 Å². The molecule has 3 aliphatic heterocycles. The van der Waals surface area contributed by atoms with Crippen LogP contribution in [-0.2, 0) is 19.8 Å². The molecule has 2 saturated heterocycles. The van der Waals surface area contributed by atoms with Crippen molar-refractivity contribution in [1.82, 2.24) is 14.9 Å². The van der Waals surface area contributed by atoms with Gasteiger partial charge in [-0.15, -0.1) is 11.8 Å². The molecule has 13 heteroatoms. The second-order valence-electron chi connectivity index (χ2n) is 7.25. The molecule has 6 atom stereocenters. The molecule has 2 fully saturated rings. The Hall–Kier alpha value is -1.22. The summed E-state index contributed by atoms with van der Waals surface area (Å²) in [5.74, 6) is -2.27. The van der Waals surface area contributed by atoms with E-state index < -0.39 is 28.2 Å². The highest BCUT2D eigenvalue weighted by Gasteiger charge is 2.60. The Morgan fingerprint density at radius 2 is 2.14 bits per heavy atom. The summed E-state index contributed by atoms with van der Waals surface area (Å²) in [6.07, 6.45) is -0.197. The van der Waals surface area contributed by atoms with Crippen molar-refractivity contribution in [3.63, 3.8) is 0 Å². The number of carboxylic acids is 1. The molecule has 160 valence electrons. The van der Waals surface area contributed by atoms with E-state index in [1.807, 2.05) is 6.92 Å². The van der Waals surface area contributed by atoms with E-state index in [1.165, 1.54) is 16.7 Å². The van der Waals surface area contributed by atoms with Crippen molar-refractivity contribution in [2.75, 3.05) is 13.1 Å². The normalized spacial score (nSPS) is 33.4. The van der Waals surface area contributed by atoms with E-state index in [1.54, 1.807) is 6.92 Å². The summed E-state index contributed by atoms with van der Waals surface area (Å²) in [7, 11) is -3.76. The Bertz CT molecular complexity index is 785. The minimum atomic E-state index is -3.76. The molecule has 0 unspecified atom stereocenters. The Kier molecular flexibility index (Phi) is 6.80. The van der Waals surface area contributed by atoms with Crippen molar-refractivity contribution >= 4 is 33.8 Å². The van der Waals surface area contributed by atoms with Gasteiger partial charge in [0, 0.05) is 35.2 Å². The van der Waals surface area contributed by atoms with Gasteiger partial charge in [-0.05, 0) is 13.3 Å². The van der Waals surface area contributed by atoms with Crippen LogP contribution in [0.2, 0.25) is 0 Å². The Balaban J connectivity index is 0.00000280. The number of aliphatic carboxylic acids is 1. The van der Waals surface area contributed by atoms with Crippen LogP contribution in [0.5, 0.6) is 0 Å². The minimum absolute atomic E-state index is 0. The Morgan fingerprint density at radius 3 is 2.68 bits per heavy atom. The molecule has 0 aliphatic carbocycles. The lowest BCUT2D eigenvalue weighted by molar-refractivity contribution is -0.163. The zero-order chi connectivity index (χ0) is 20.1. The largest absolute Gasteiger partial charge is 0.477 e. The van der Waals surface area contributed by atoms with Crippen molar-refractivity contribution in [2.24, 2.45) is 17.0 Å². The van der Waals surface area contributed by atoms with Crippen LogP contribution in [0.3, 0.4) is 0 Å². The van der Waals surface area contributed by atoms with E-state index in [-0.39, 0.29) is 46.9 Å². The summed E-state index contributed by atoms with van der Waals surface area (Å²) in [4.78, 5) is 26.1. The molecular formula is C15H26N4O7S2. The van der Waals surface area contributed by atoms with E-state index in [9.17, 15) is 28.2 Å². The van der Waals surface area contributed by atoms with Crippen LogP contribution < -0.4 is 15.2 Å². The number of carbonyl (C=O) groups is 2. The summed E-state index contributed by atoms with van der Waals surface area (Å²) in [5.41, 5.74) is 0.00510. The maximum absolute atomic E-state index is 12.3. The molecular weight excluding hydrogens is 412 g/mol. The van der Waals surface area contributed by atoms with E-state index in [2.05, 4.69) is 10.0 Å².